The topological polar surface area (TPSA) is 44.8 Å². The molecule has 0 aliphatic carbocycles. The van der Waals surface area contributed by atoms with Crippen molar-refractivity contribution < 1.29 is 23.2 Å². The molecule has 1 aromatic carbocycles. The summed E-state index contributed by atoms with van der Waals surface area (Å²) in [5.74, 6) is -1.19. The summed E-state index contributed by atoms with van der Waals surface area (Å²) in [5.41, 5.74) is -0.531. The second kappa shape index (κ2) is 5.37. The van der Waals surface area contributed by atoms with Crippen LogP contribution in [0.15, 0.2) is 16.6 Å². The standard InChI is InChI=1S/C14H17BBrFO4/c1-13(2)14(3,4)21-15(20-13)8-6-9(12(18)19-5)11(16)10(17)7-8/h6-7H,1-5H3. The van der Waals surface area contributed by atoms with Crippen molar-refractivity contribution in [2.24, 2.45) is 0 Å². The molecule has 1 fully saturated rings. The van der Waals surface area contributed by atoms with Crippen LogP contribution in [0.25, 0.3) is 0 Å². The molecule has 0 amide bonds. The molecule has 0 unspecified atom stereocenters. The number of esters is 1. The Bertz CT molecular complexity index is 573. The molecule has 0 atom stereocenters. The zero-order chi connectivity index (χ0) is 16.0. The molecular formula is C14H17BBrFO4. The maximum absolute atomic E-state index is 14.0. The Kier molecular flexibility index (Phi) is 4.21. The predicted octanol–water partition coefficient (Wildman–Crippen LogP) is 2.67. The van der Waals surface area contributed by atoms with Crippen LogP contribution in [-0.2, 0) is 14.0 Å². The molecule has 0 bridgehead atoms. The highest BCUT2D eigenvalue weighted by Gasteiger charge is 2.52. The number of hydrogen-bond acceptors (Lipinski definition) is 4. The van der Waals surface area contributed by atoms with Crippen molar-refractivity contribution in [1.29, 1.82) is 0 Å². The van der Waals surface area contributed by atoms with E-state index in [0.717, 1.165) is 0 Å². The molecule has 1 heterocycles. The molecule has 0 N–H and O–H groups in total. The molecule has 0 spiro atoms. The highest BCUT2D eigenvalue weighted by molar-refractivity contribution is 9.10. The van der Waals surface area contributed by atoms with Crippen LogP contribution in [0, 0.1) is 5.82 Å². The molecule has 0 radical (unpaired) electrons. The van der Waals surface area contributed by atoms with Crippen LogP contribution in [0.4, 0.5) is 4.39 Å². The first-order valence-electron chi connectivity index (χ1n) is 6.52. The number of ether oxygens (including phenoxy) is 1. The van der Waals surface area contributed by atoms with Gasteiger partial charge in [-0.05, 0) is 61.2 Å². The number of benzene rings is 1. The molecule has 4 nitrogen and oxygen atoms in total. The second-order valence-corrected chi connectivity index (χ2v) is 6.74. The third-order valence-corrected chi connectivity index (χ3v) is 4.79. The lowest BCUT2D eigenvalue weighted by molar-refractivity contribution is 0.00578. The van der Waals surface area contributed by atoms with E-state index in [-0.39, 0.29) is 10.0 Å². The monoisotopic (exact) mass is 358 g/mol. The molecule has 2 rings (SSSR count). The van der Waals surface area contributed by atoms with Gasteiger partial charge in [0.05, 0.1) is 28.3 Å². The van der Waals surface area contributed by atoms with Gasteiger partial charge in [-0.2, -0.15) is 0 Å². The van der Waals surface area contributed by atoms with E-state index in [1.165, 1.54) is 19.2 Å². The zero-order valence-corrected chi connectivity index (χ0v) is 14.2. The summed E-state index contributed by atoms with van der Waals surface area (Å²) in [6, 6.07) is 2.81. The van der Waals surface area contributed by atoms with Crippen LogP contribution >= 0.6 is 15.9 Å². The van der Waals surface area contributed by atoms with Gasteiger partial charge >= 0.3 is 13.1 Å². The predicted molar refractivity (Wildman–Crippen MR) is 81.2 cm³/mol. The molecule has 7 heteroatoms. The van der Waals surface area contributed by atoms with Crippen molar-refractivity contribution in [3.05, 3.63) is 28.0 Å². The van der Waals surface area contributed by atoms with E-state index < -0.39 is 30.1 Å². The summed E-state index contributed by atoms with van der Waals surface area (Å²) in [6.07, 6.45) is 0. The van der Waals surface area contributed by atoms with Gasteiger partial charge < -0.3 is 14.0 Å². The average molecular weight is 359 g/mol. The lowest BCUT2D eigenvalue weighted by atomic mass is 9.78. The maximum atomic E-state index is 14.0. The molecule has 1 saturated heterocycles. The highest BCUT2D eigenvalue weighted by atomic mass is 79.9. The summed E-state index contributed by atoms with van der Waals surface area (Å²) in [6.45, 7) is 7.62. The Morgan fingerprint density at radius 2 is 1.76 bits per heavy atom. The first-order valence-corrected chi connectivity index (χ1v) is 7.31. The number of carbonyl (C=O) groups is 1. The Labute approximate surface area is 132 Å². The van der Waals surface area contributed by atoms with Crippen molar-refractivity contribution in [2.75, 3.05) is 7.11 Å². The van der Waals surface area contributed by atoms with Crippen LogP contribution in [0.1, 0.15) is 38.1 Å². The molecule has 0 aromatic heterocycles. The average Bonchev–Trinajstić information content (AvgIpc) is 2.60. The van der Waals surface area contributed by atoms with E-state index in [1.54, 1.807) is 0 Å². The van der Waals surface area contributed by atoms with E-state index in [9.17, 15) is 9.18 Å². The molecule has 1 aromatic rings. The normalized spacial score (nSPS) is 19.7. The molecular weight excluding hydrogens is 342 g/mol. The van der Waals surface area contributed by atoms with Gasteiger partial charge in [-0.1, -0.05) is 0 Å². The van der Waals surface area contributed by atoms with Crippen molar-refractivity contribution in [3.8, 4) is 0 Å². The van der Waals surface area contributed by atoms with Gasteiger partial charge in [0.15, 0.2) is 0 Å². The summed E-state index contributed by atoms with van der Waals surface area (Å²) in [7, 11) is 0.509. The smallest absolute Gasteiger partial charge is 0.465 e. The van der Waals surface area contributed by atoms with Gasteiger partial charge in [-0.3, -0.25) is 0 Å². The molecule has 0 saturated carbocycles. The molecule has 1 aliphatic rings. The number of carbonyl (C=O) groups excluding carboxylic acids is 1. The first kappa shape index (κ1) is 16.5. The lowest BCUT2D eigenvalue weighted by Gasteiger charge is -2.32. The third-order valence-electron chi connectivity index (χ3n) is 3.98. The van der Waals surface area contributed by atoms with Crippen molar-refractivity contribution in [1.82, 2.24) is 0 Å². The van der Waals surface area contributed by atoms with Crippen LogP contribution in [-0.4, -0.2) is 31.4 Å². The Hall–Kier alpha value is -0.915. The zero-order valence-electron chi connectivity index (χ0n) is 12.6. The van der Waals surface area contributed by atoms with Crippen LogP contribution in [0.2, 0.25) is 0 Å². The van der Waals surface area contributed by atoms with Gasteiger partial charge in [0.1, 0.15) is 5.82 Å². The minimum absolute atomic E-state index is 0.0645. The largest absolute Gasteiger partial charge is 0.494 e. The van der Waals surface area contributed by atoms with Crippen molar-refractivity contribution >= 4 is 34.5 Å². The van der Waals surface area contributed by atoms with Crippen molar-refractivity contribution in [3.63, 3.8) is 0 Å². The Morgan fingerprint density at radius 1 is 1.24 bits per heavy atom. The van der Waals surface area contributed by atoms with Gasteiger partial charge in [-0.25, -0.2) is 9.18 Å². The number of hydrogen-bond donors (Lipinski definition) is 0. The minimum Gasteiger partial charge on any atom is -0.465 e. The molecule has 1 aliphatic heterocycles. The summed E-state index contributed by atoms with van der Waals surface area (Å²) in [5, 5.41) is 0. The van der Waals surface area contributed by atoms with Gasteiger partial charge in [0, 0.05) is 0 Å². The minimum atomic E-state index is -0.735. The Balaban J connectivity index is 2.43. The Morgan fingerprint density at radius 3 is 2.24 bits per heavy atom. The van der Waals surface area contributed by atoms with Crippen molar-refractivity contribution in [2.45, 2.75) is 38.9 Å². The van der Waals surface area contributed by atoms with Gasteiger partial charge in [0.2, 0.25) is 0 Å². The SMILES string of the molecule is COC(=O)c1cc(B2OC(C)(C)C(C)(C)O2)cc(F)c1Br. The van der Waals surface area contributed by atoms with Gasteiger partial charge in [0.25, 0.3) is 0 Å². The number of rotatable bonds is 2. The van der Waals surface area contributed by atoms with Crippen LogP contribution in [0.3, 0.4) is 0 Å². The lowest BCUT2D eigenvalue weighted by Crippen LogP contribution is -2.41. The summed E-state index contributed by atoms with van der Waals surface area (Å²) >= 11 is 3.05. The van der Waals surface area contributed by atoms with Crippen LogP contribution in [0.5, 0.6) is 0 Å². The van der Waals surface area contributed by atoms with E-state index in [4.69, 9.17) is 9.31 Å². The fourth-order valence-electron chi connectivity index (χ4n) is 1.98. The highest BCUT2D eigenvalue weighted by Crippen LogP contribution is 2.36. The van der Waals surface area contributed by atoms with Gasteiger partial charge in [-0.15, -0.1) is 0 Å². The second-order valence-electron chi connectivity index (χ2n) is 5.94. The third kappa shape index (κ3) is 2.87. The van der Waals surface area contributed by atoms with E-state index in [2.05, 4.69) is 20.7 Å². The van der Waals surface area contributed by atoms with Crippen LogP contribution < -0.4 is 5.46 Å². The molecule has 21 heavy (non-hydrogen) atoms. The quantitative estimate of drug-likeness (QED) is 0.602. The molecule has 114 valence electrons. The number of methoxy groups -OCH3 is 1. The number of halogens is 2. The van der Waals surface area contributed by atoms with E-state index >= 15 is 0 Å². The first-order chi connectivity index (χ1) is 9.59. The fraction of sp³-hybridized carbons (Fsp3) is 0.500. The summed E-state index contributed by atoms with van der Waals surface area (Å²) < 4.78 is 30.4. The van der Waals surface area contributed by atoms with E-state index in [0.29, 0.717) is 5.46 Å². The van der Waals surface area contributed by atoms with E-state index in [1.807, 2.05) is 27.7 Å². The fourth-order valence-corrected chi connectivity index (χ4v) is 2.37. The maximum Gasteiger partial charge on any atom is 0.494 e. The summed E-state index contributed by atoms with van der Waals surface area (Å²) in [4.78, 5) is 11.7.